The Bertz CT molecular complexity index is 781. The molecule has 0 saturated heterocycles. The van der Waals surface area contributed by atoms with Gasteiger partial charge in [0.25, 0.3) is 0 Å². The molecule has 0 fully saturated rings. The Hall–Kier alpha value is -1.04. The maximum Gasteiger partial charge on any atom is 0.352 e. The molecule has 0 unspecified atom stereocenters. The van der Waals surface area contributed by atoms with Crippen molar-refractivity contribution in [2.45, 2.75) is 57.3 Å². The van der Waals surface area contributed by atoms with E-state index in [9.17, 15) is 4.79 Å². The highest BCUT2D eigenvalue weighted by molar-refractivity contribution is 8.23. The minimum Gasteiger partial charge on any atom is -0.422 e. The van der Waals surface area contributed by atoms with Gasteiger partial charge in [-0.25, -0.2) is 4.79 Å². The zero-order chi connectivity index (χ0) is 18.9. The molecule has 0 aliphatic rings. The first-order chi connectivity index (χ1) is 12.6. The van der Waals surface area contributed by atoms with Crippen LogP contribution in [0.4, 0.5) is 0 Å². The fourth-order valence-corrected chi connectivity index (χ4v) is 4.33. The Morgan fingerprint density at radius 3 is 2.35 bits per heavy atom. The van der Waals surface area contributed by atoms with Crippen LogP contribution >= 0.6 is 35.6 Å². The van der Waals surface area contributed by atoms with Crippen molar-refractivity contribution in [2.24, 2.45) is 0 Å². The average Bonchev–Trinajstić information content (AvgIpc) is 2.64. The van der Waals surface area contributed by atoms with E-state index < -0.39 is 5.63 Å². The number of thioether (sulfide) groups is 1. The van der Waals surface area contributed by atoms with E-state index in [4.69, 9.17) is 28.2 Å². The number of para-hydroxylation sites is 1. The molecule has 2 aromatic rings. The zero-order valence-corrected chi connectivity index (χ0v) is 17.8. The molecule has 6 heteroatoms. The van der Waals surface area contributed by atoms with Crippen molar-refractivity contribution in [2.75, 3.05) is 13.1 Å². The summed E-state index contributed by atoms with van der Waals surface area (Å²) in [6, 6.07) is 7.30. The summed E-state index contributed by atoms with van der Waals surface area (Å²) >= 11 is 13.4. The summed E-state index contributed by atoms with van der Waals surface area (Å²) in [6.45, 7) is 6.21. The van der Waals surface area contributed by atoms with Crippen LogP contribution in [0, 0.1) is 0 Å². The summed E-state index contributed by atoms with van der Waals surface area (Å²) in [6.07, 6.45) is 6.89. The van der Waals surface area contributed by atoms with Crippen molar-refractivity contribution in [1.82, 2.24) is 4.90 Å². The standard InChI is InChI=1S/C20H26ClNO2S2/c1-3-5-9-13-22(14-10-6-4-2)20(25)26-18-17(21)15-11-7-8-12-16(15)24-19(18)23/h7-8,11-12H,3-6,9-10,13-14H2,1-2H3. The lowest BCUT2D eigenvalue weighted by molar-refractivity contribution is 0.402. The third-order valence-electron chi connectivity index (χ3n) is 4.22. The summed E-state index contributed by atoms with van der Waals surface area (Å²) in [5, 5.41) is 1.16. The molecule has 0 amide bonds. The van der Waals surface area contributed by atoms with Crippen LogP contribution < -0.4 is 5.63 Å². The van der Waals surface area contributed by atoms with Gasteiger partial charge in [0.15, 0.2) is 0 Å². The van der Waals surface area contributed by atoms with Crippen LogP contribution in [0.25, 0.3) is 11.0 Å². The minimum absolute atomic E-state index is 0.381. The first-order valence-electron chi connectivity index (χ1n) is 9.26. The molecule has 1 heterocycles. The molecule has 0 aliphatic heterocycles. The predicted molar refractivity (Wildman–Crippen MR) is 117 cm³/mol. The molecule has 2 rings (SSSR count). The minimum atomic E-state index is -0.428. The lowest BCUT2D eigenvalue weighted by Gasteiger charge is -2.24. The molecule has 0 atom stereocenters. The largest absolute Gasteiger partial charge is 0.422 e. The van der Waals surface area contributed by atoms with Gasteiger partial charge in [-0.1, -0.05) is 87.2 Å². The van der Waals surface area contributed by atoms with Crippen LogP contribution in [0.2, 0.25) is 5.02 Å². The van der Waals surface area contributed by atoms with Crippen molar-refractivity contribution in [3.8, 4) is 0 Å². The maximum absolute atomic E-state index is 12.4. The molecule has 26 heavy (non-hydrogen) atoms. The molecule has 0 radical (unpaired) electrons. The highest BCUT2D eigenvalue weighted by Gasteiger charge is 2.18. The number of halogens is 1. The summed E-state index contributed by atoms with van der Waals surface area (Å²) in [5.74, 6) is 0. The topological polar surface area (TPSA) is 33.5 Å². The Labute approximate surface area is 170 Å². The molecule has 0 saturated carbocycles. The molecule has 0 N–H and O–H groups in total. The molecule has 1 aromatic carbocycles. The molecule has 142 valence electrons. The second kappa shape index (κ2) is 11.0. The lowest BCUT2D eigenvalue weighted by Crippen LogP contribution is -2.30. The van der Waals surface area contributed by atoms with Gasteiger partial charge in [-0.15, -0.1) is 0 Å². The third-order valence-corrected chi connectivity index (χ3v) is 6.24. The van der Waals surface area contributed by atoms with Gasteiger partial charge < -0.3 is 9.32 Å². The predicted octanol–water partition coefficient (Wildman–Crippen LogP) is 6.51. The van der Waals surface area contributed by atoms with Gasteiger partial charge in [0, 0.05) is 18.5 Å². The molecular formula is C20H26ClNO2S2. The van der Waals surface area contributed by atoms with Crippen LogP contribution in [0.3, 0.4) is 0 Å². The first kappa shape index (κ1) is 21.3. The summed E-state index contributed by atoms with van der Waals surface area (Å²) in [4.78, 5) is 15.0. The quantitative estimate of drug-likeness (QED) is 0.203. The van der Waals surface area contributed by atoms with Crippen LogP contribution in [-0.4, -0.2) is 22.3 Å². The van der Waals surface area contributed by atoms with Crippen LogP contribution in [0.1, 0.15) is 52.4 Å². The van der Waals surface area contributed by atoms with E-state index in [1.807, 2.05) is 18.2 Å². The molecule has 0 aliphatic carbocycles. The van der Waals surface area contributed by atoms with Gasteiger partial charge >= 0.3 is 5.63 Å². The van der Waals surface area contributed by atoms with E-state index in [-0.39, 0.29) is 0 Å². The number of benzene rings is 1. The number of hydrogen-bond acceptors (Lipinski definition) is 4. The fourth-order valence-electron chi connectivity index (χ4n) is 2.73. The summed E-state index contributed by atoms with van der Waals surface area (Å²) in [7, 11) is 0. The van der Waals surface area contributed by atoms with Gasteiger partial charge in [0.05, 0.1) is 5.02 Å². The average molecular weight is 412 g/mol. The Morgan fingerprint density at radius 1 is 1.12 bits per heavy atom. The second-order valence-electron chi connectivity index (χ2n) is 6.30. The SMILES string of the molecule is CCCCCN(CCCCC)C(=S)Sc1c(Cl)c2ccccc2oc1=O. The highest BCUT2D eigenvalue weighted by Crippen LogP contribution is 2.32. The number of fused-ring (bicyclic) bond motifs is 1. The number of nitrogens with zero attached hydrogens (tertiary/aromatic N) is 1. The van der Waals surface area contributed by atoms with E-state index >= 15 is 0 Å². The Balaban J connectivity index is 2.18. The van der Waals surface area contributed by atoms with Crippen LogP contribution in [0.5, 0.6) is 0 Å². The lowest BCUT2D eigenvalue weighted by atomic mass is 10.2. The molecule has 3 nitrogen and oxygen atoms in total. The molecule has 0 bridgehead atoms. The smallest absolute Gasteiger partial charge is 0.352 e. The van der Waals surface area contributed by atoms with Crippen molar-refractivity contribution >= 4 is 50.9 Å². The summed E-state index contributed by atoms with van der Waals surface area (Å²) in [5.41, 5.74) is 0.0728. The van der Waals surface area contributed by atoms with E-state index in [2.05, 4.69) is 18.7 Å². The van der Waals surface area contributed by atoms with Crippen molar-refractivity contribution in [3.63, 3.8) is 0 Å². The van der Waals surface area contributed by atoms with Gasteiger partial charge in [-0.05, 0) is 25.0 Å². The highest BCUT2D eigenvalue weighted by atomic mass is 35.5. The fraction of sp³-hybridized carbons (Fsp3) is 0.500. The van der Waals surface area contributed by atoms with E-state index in [0.29, 0.717) is 19.8 Å². The van der Waals surface area contributed by atoms with Crippen molar-refractivity contribution in [1.29, 1.82) is 0 Å². The van der Waals surface area contributed by atoms with Gasteiger partial charge in [-0.3, -0.25) is 0 Å². The summed E-state index contributed by atoms with van der Waals surface area (Å²) < 4.78 is 6.11. The van der Waals surface area contributed by atoms with Crippen LogP contribution in [0.15, 0.2) is 38.4 Å². The number of hydrogen-bond donors (Lipinski definition) is 0. The van der Waals surface area contributed by atoms with Crippen LogP contribution in [-0.2, 0) is 0 Å². The van der Waals surface area contributed by atoms with Gasteiger partial charge in [-0.2, -0.15) is 0 Å². The van der Waals surface area contributed by atoms with E-state index in [1.54, 1.807) is 6.07 Å². The molecule has 1 aromatic heterocycles. The number of rotatable bonds is 9. The number of thiocarbonyl (C=S) groups is 1. The van der Waals surface area contributed by atoms with Crippen molar-refractivity contribution < 1.29 is 4.42 Å². The Kier molecular flexibility index (Phi) is 8.96. The van der Waals surface area contributed by atoms with Gasteiger partial charge in [0.1, 0.15) is 14.8 Å². The Morgan fingerprint density at radius 2 is 1.73 bits per heavy atom. The monoisotopic (exact) mass is 411 g/mol. The normalized spacial score (nSPS) is 11.0. The molecular weight excluding hydrogens is 386 g/mol. The van der Waals surface area contributed by atoms with E-state index in [0.717, 1.165) is 31.3 Å². The second-order valence-corrected chi connectivity index (χ2v) is 8.32. The first-order valence-corrected chi connectivity index (χ1v) is 10.9. The van der Waals surface area contributed by atoms with E-state index in [1.165, 1.54) is 37.4 Å². The zero-order valence-electron chi connectivity index (χ0n) is 15.4. The molecule has 0 spiro atoms. The third kappa shape index (κ3) is 5.73. The van der Waals surface area contributed by atoms with Crippen molar-refractivity contribution in [3.05, 3.63) is 39.7 Å². The number of unbranched alkanes of at least 4 members (excludes halogenated alkanes) is 4. The van der Waals surface area contributed by atoms with Gasteiger partial charge in [0.2, 0.25) is 0 Å². The maximum atomic E-state index is 12.4.